The molecule has 1 aromatic rings. The number of ether oxygens (including phenoxy) is 2. The van der Waals surface area contributed by atoms with Gasteiger partial charge >= 0.3 is 6.36 Å². The van der Waals surface area contributed by atoms with Crippen molar-refractivity contribution in [2.45, 2.75) is 37.6 Å². The van der Waals surface area contributed by atoms with Crippen LogP contribution in [-0.2, 0) is 9.53 Å². The Morgan fingerprint density at radius 1 is 1.28 bits per heavy atom. The number of alkyl halides is 3. The van der Waals surface area contributed by atoms with Crippen LogP contribution in [0, 0.1) is 5.92 Å². The average Bonchev–Trinajstić information content (AvgIpc) is 3.39. The van der Waals surface area contributed by atoms with Crippen molar-refractivity contribution >= 4 is 11.8 Å². The van der Waals surface area contributed by atoms with Gasteiger partial charge in [-0.05, 0) is 37.3 Å². The van der Waals surface area contributed by atoms with E-state index in [1.165, 1.54) is 23.1 Å². The number of hydrogen-bond acceptors (Lipinski definition) is 4. The molecule has 6 nitrogen and oxygen atoms in total. The summed E-state index contributed by atoms with van der Waals surface area (Å²) in [5.74, 6) is -0.651. The molecule has 0 bridgehead atoms. The van der Waals surface area contributed by atoms with Crippen LogP contribution in [0.2, 0.25) is 0 Å². The molecule has 2 heterocycles. The number of carbonyl (C=O) groups excluding carboxylic acids is 2. The number of carbonyl (C=O) groups is 2. The van der Waals surface area contributed by atoms with Gasteiger partial charge in [0.1, 0.15) is 5.75 Å². The molecule has 9 heteroatoms. The first-order valence-electron chi connectivity index (χ1n) is 9.80. The van der Waals surface area contributed by atoms with E-state index < -0.39 is 23.6 Å². The Labute approximate surface area is 166 Å². The summed E-state index contributed by atoms with van der Waals surface area (Å²) in [6.45, 7) is 1.86. The van der Waals surface area contributed by atoms with Crippen molar-refractivity contribution in [1.29, 1.82) is 0 Å². The molecule has 0 N–H and O–H groups in total. The molecule has 0 radical (unpaired) electrons. The highest BCUT2D eigenvalue weighted by molar-refractivity contribution is 5.97. The Hall–Kier alpha value is -2.29. The lowest BCUT2D eigenvalue weighted by molar-refractivity contribution is -0.274. The van der Waals surface area contributed by atoms with Crippen LogP contribution in [0.25, 0.3) is 0 Å². The third-order valence-electron chi connectivity index (χ3n) is 5.80. The van der Waals surface area contributed by atoms with Crippen molar-refractivity contribution in [2.24, 2.45) is 5.92 Å². The van der Waals surface area contributed by atoms with Crippen LogP contribution < -0.4 is 4.74 Å². The predicted molar refractivity (Wildman–Crippen MR) is 96.2 cm³/mol. The third-order valence-corrected chi connectivity index (χ3v) is 5.80. The fourth-order valence-electron chi connectivity index (χ4n) is 4.14. The van der Waals surface area contributed by atoms with Crippen molar-refractivity contribution in [1.82, 2.24) is 9.80 Å². The number of nitrogens with zero attached hydrogens (tertiary/aromatic N) is 2. The standard InChI is InChI=1S/C20H23F3N2O4/c21-20(22,23)29-16-4-2-1-3-15(16)18(27)24-9-7-17(26)25(11-14-5-6-14)19(12-24)8-10-28-13-19/h1-4,14H,5-13H2. The molecule has 2 amide bonds. The summed E-state index contributed by atoms with van der Waals surface area (Å²) in [5, 5.41) is 0. The van der Waals surface area contributed by atoms with Gasteiger partial charge in [-0.3, -0.25) is 9.59 Å². The van der Waals surface area contributed by atoms with Crippen LogP contribution in [0.1, 0.15) is 36.0 Å². The largest absolute Gasteiger partial charge is 0.573 e. The highest BCUT2D eigenvalue weighted by atomic mass is 19.4. The Balaban J connectivity index is 1.60. The predicted octanol–water partition coefficient (Wildman–Crippen LogP) is 2.83. The summed E-state index contributed by atoms with van der Waals surface area (Å²) < 4.78 is 47.9. The van der Waals surface area contributed by atoms with Crippen LogP contribution in [0.15, 0.2) is 24.3 Å². The van der Waals surface area contributed by atoms with Gasteiger partial charge in [-0.1, -0.05) is 12.1 Å². The first kappa shape index (κ1) is 20.0. The highest BCUT2D eigenvalue weighted by Crippen LogP contribution is 2.37. The molecule has 1 spiro atoms. The van der Waals surface area contributed by atoms with E-state index >= 15 is 0 Å². The van der Waals surface area contributed by atoms with Crippen molar-refractivity contribution in [3.8, 4) is 5.75 Å². The molecule has 3 aliphatic rings. The van der Waals surface area contributed by atoms with E-state index in [0.29, 0.717) is 32.1 Å². The number of rotatable bonds is 4. The molecule has 4 rings (SSSR count). The monoisotopic (exact) mass is 412 g/mol. The average molecular weight is 412 g/mol. The third kappa shape index (κ3) is 4.34. The van der Waals surface area contributed by atoms with Gasteiger partial charge in [-0.2, -0.15) is 0 Å². The van der Waals surface area contributed by atoms with E-state index in [1.807, 2.05) is 4.90 Å². The SMILES string of the molecule is O=C(c1ccccc1OC(F)(F)F)N1CCC(=O)N(CC2CC2)C2(CCOC2)C1. The van der Waals surface area contributed by atoms with Gasteiger partial charge in [0.15, 0.2) is 0 Å². The lowest BCUT2D eigenvalue weighted by Gasteiger charge is -2.40. The Bertz CT molecular complexity index is 788. The van der Waals surface area contributed by atoms with Crippen LogP contribution in [0.3, 0.4) is 0 Å². The molecule has 0 aromatic heterocycles. The molecule has 29 heavy (non-hydrogen) atoms. The summed E-state index contributed by atoms with van der Waals surface area (Å²) in [7, 11) is 0. The zero-order valence-electron chi connectivity index (χ0n) is 15.9. The Morgan fingerprint density at radius 3 is 2.69 bits per heavy atom. The smallest absolute Gasteiger partial charge is 0.405 e. The maximum Gasteiger partial charge on any atom is 0.573 e. The Kier molecular flexibility index (Phi) is 5.18. The van der Waals surface area contributed by atoms with Crippen molar-refractivity contribution in [3.05, 3.63) is 29.8 Å². The maximum absolute atomic E-state index is 13.2. The number of para-hydroxylation sites is 1. The van der Waals surface area contributed by atoms with E-state index in [2.05, 4.69) is 4.74 Å². The molecule has 1 atom stereocenters. The van der Waals surface area contributed by atoms with Gasteiger partial charge in [-0.15, -0.1) is 13.2 Å². The molecule has 1 unspecified atom stereocenters. The zero-order chi connectivity index (χ0) is 20.6. The summed E-state index contributed by atoms with van der Waals surface area (Å²) in [5.41, 5.74) is -0.784. The van der Waals surface area contributed by atoms with Gasteiger partial charge < -0.3 is 19.3 Å². The van der Waals surface area contributed by atoms with Crippen LogP contribution in [0.5, 0.6) is 5.75 Å². The number of halogens is 3. The molecular weight excluding hydrogens is 389 g/mol. The molecule has 1 aromatic carbocycles. The number of benzene rings is 1. The fraction of sp³-hybridized carbons (Fsp3) is 0.600. The fourth-order valence-corrected chi connectivity index (χ4v) is 4.14. The lowest BCUT2D eigenvalue weighted by atomic mass is 9.94. The molecule has 1 aliphatic carbocycles. The van der Waals surface area contributed by atoms with Crippen molar-refractivity contribution in [3.63, 3.8) is 0 Å². The highest BCUT2D eigenvalue weighted by Gasteiger charge is 2.48. The van der Waals surface area contributed by atoms with Gasteiger partial charge in [0.05, 0.1) is 17.7 Å². The zero-order valence-corrected chi connectivity index (χ0v) is 15.9. The second-order valence-corrected chi connectivity index (χ2v) is 8.00. The van der Waals surface area contributed by atoms with Crippen LogP contribution in [-0.4, -0.2) is 66.4 Å². The second-order valence-electron chi connectivity index (χ2n) is 8.00. The van der Waals surface area contributed by atoms with Crippen molar-refractivity contribution < 1.29 is 32.2 Å². The van der Waals surface area contributed by atoms with E-state index in [9.17, 15) is 22.8 Å². The number of amides is 2. The first-order chi connectivity index (χ1) is 13.8. The molecular formula is C20H23F3N2O4. The minimum atomic E-state index is -4.90. The quantitative estimate of drug-likeness (QED) is 0.763. The van der Waals surface area contributed by atoms with E-state index in [0.717, 1.165) is 18.9 Å². The van der Waals surface area contributed by atoms with Gasteiger partial charge in [-0.25, -0.2) is 0 Å². The first-order valence-corrected chi connectivity index (χ1v) is 9.80. The Morgan fingerprint density at radius 2 is 2.03 bits per heavy atom. The summed E-state index contributed by atoms with van der Waals surface area (Å²) >= 11 is 0. The van der Waals surface area contributed by atoms with Crippen LogP contribution >= 0.6 is 0 Å². The maximum atomic E-state index is 13.2. The second kappa shape index (κ2) is 7.51. The summed E-state index contributed by atoms with van der Waals surface area (Å²) in [6, 6.07) is 5.31. The van der Waals surface area contributed by atoms with Gasteiger partial charge in [0.25, 0.3) is 5.91 Å². The minimum Gasteiger partial charge on any atom is -0.405 e. The summed E-state index contributed by atoms with van der Waals surface area (Å²) in [4.78, 5) is 29.3. The van der Waals surface area contributed by atoms with Crippen LogP contribution in [0.4, 0.5) is 13.2 Å². The normalized spacial score (nSPS) is 25.4. The molecule has 1 saturated carbocycles. The topological polar surface area (TPSA) is 59.1 Å². The van der Waals surface area contributed by atoms with Crippen molar-refractivity contribution in [2.75, 3.05) is 32.8 Å². The molecule has 2 aliphatic heterocycles. The summed E-state index contributed by atoms with van der Waals surface area (Å²) in [6.07, 6.45) is -1.97. The molecule has 3 fully saturated rings. The number of hydrogen-bond donors (Lipinski definition) is 0. The van der Waals surface area contributed by atoms with E-state index in [1.54, 1.807) is 0 Å². The van der Waals surface area contributed by atoms with E-state index in [4.69, 9.17) is 4.74 Å². The molecule has 2 saturated heterocycles. The van der Waals surface area contributed by atoms with Gasteiger partial charge in [0, 0.05) is 32.7 Å². The minimum absolute atomic E-state index is 0.0301. The lowest BCUT2D eigenvalue weighted by Crippen LogP contribution is -2.57. The molecule has 158 valence electrons. The van der Waals surface area contributed by atoms with E-state index in [-0.39, 0.29) is 31.0 Å². The van der Waals surface area contributed by atoms with Gasteiger partial charge in [0.2, 0.25) is 5.91 Å².